The molecule has 0 radical (unpaired) electrons. The van der Waals surface area contributed by atoms with E-state index in [0.29, 0.717) is 16.7 Å². The predicted octanol–water partition coefficient (Wildman–Crippen LogP) is 2.57. The first-order chi connectivity index (χ1) is 9.00. The van der Waals surface area contributed by atoms with E-state index in [1.807, 2.05) is 6.92 Å². The van der Waals surface area contributed by atoms with Crippen LogP contribution in [0.1, 0.15) is 32.5 Å². The highest BCUT2D eigenvalue weighted by atomic mass is 35.5. The SMILES string of the molecule is CCC1(CC)CN(c2cc(Cl)nc(C)n2)CCS1=O. The second-order valence-corrected chi connectivity index (χ2v) is 7.31. The number of rotatable bonds is 3. The molecule has 1 atom stereocenters. The molecule has 1 fully saturated rings. The van der Waals surface area contributed by atoms with Crippen LogP contribution in [0.25, 0.3) is 0 Å². The van der Waals surface area contributed by atoms with Crippen molar-refractivity contribution in [3.63, 3.8) is 0 Å². The van der Waals surface area contributed by atoms with E-state index in [-0.39, 0.29) is 4.75 Å². The fourth-order valence-electron chi connectivity index (χ4n) is 2.58. The molecule has 106 valence electrons. The zero-order chi connectivity index (χ0) is 14.0. The number of nitrogens with zero attached hydrogens (tertiary/aromatic N) is 3. The number of aromatic nitrogens is 2. The standard InChI is InChI=1S/C13H20ClN3OS/c1-4-13(5-2)9-17(6-7-19(13)18)12-8-11(14)15-10(3)16-12/h8H,4-7,9H2,1-3H3. The minimum absolute atomic E-state index is 0.121. The number of hydrogen-bond acceptors (Lipinski definition) is 4. The zero-order valence-corrected chi connectivity index (χ0v) is 13.2. The summed E-state index contributed by atoms with van der Waals surface area (Å²) in [6.45, 7) is 7.61. The maximum absolute atomic E-state index is 12.3. The van der Waals surface area contributed by atoms with Gasteiger partial charge in [0.25, 0.3) is 0 Å². The van der Waals surface area contributed by atoms with Crippen LogP contribution >= 0.6 is 11.6 Å². The predicted molar refractivity (Wildman–Crippen MR) is 80.3 cm³/mol. The van der Waals surface area contributed by atoms with Crippen LogP contribution in [-0.2, 0) is 10.8 Å². The highest BCUT2D eigenvalue weighted by molar-refractivity contribution is 7.86. The summed E-state index contributed by atoms with van der Waals surface area (Å²) in [7, 11) is -0.760. The molecule has 1 aliphatic heterocycles. The van der Waals surface area contributed by atoms with Crippen molar-refractivity contribution in [3.8, 4) is 0 Å². The molecule has 6 heteroatoms. The summed E-state index contributed by atoms with van der Waals surface area (Å²) < 4.78 is 12.2. The van der Waals surface area contributed by atoms with Crippen molar-refractivity contribution in [1.82, 2.24) is 9.97 Å². The second-order valence-electron chi connectivity index (χ2n) is 4.96. The van der Waals surface area contributed by atoms with E-state index in [2.05, 4.69) is 28.7 Å². The normalized spacial score (nSPS) is 22.5. The molecular weight excluding hydrogens is 282 g/mol. The summed E-state index contributed by atoms with van der Waals surface area (Å²) in [5.74, 6) is 2.22. The molecular formula is C13H20ClN3OS. The lowest BCUT2D eigenvalue weighted by Crippen LogP contribution is -2.53. The Labute approximate surface area is 122 Å². The molecule has 2 heterocycles. The molecule has 1 aliphatic rings. The molecule has 2 rings (SSSR count). The average molecular weight is 302 g/mol. The third-order valence-corrected chi connectivity index (χ3v) is 6.33. The minimum atomic E-state index is -0.760. The van der Waals surface area contributed by atoms with Crippen molar-refractivity contribution < 1.29 is 4.21 Å². The number of hydrogen-bond donors (Lipinski definition) is 0. The molecule has 0 aliphatic carbocycles. The summed E-state index contributed by atoms with van der Waals surface area (Å²) in [4.78, 5) is 10.7. The van der Waals surface area contributed by atoms with Gasteiger partial charge in [-0.15, -0.1) is 0 Å². The molecule has 0 N–H and O–H groups in total. The number of halogens is 1. The first-order valence-electron chi connectivity index (χ1n) is 6.65. The maximum Gasteiger partial charge on any atom is 0.134 e. The lowest BCUT2D eigenvalue weighted by Gasteiger charge is -2.41. The van der Waals surface area contributed by atoms with Gasteiger partial charge >= 0.3 is 0 Å². The van der Waals surface area contributed by atoms with E-state index >= 15 is 0 Å². The number of aryl methyl sites for hydroxylation is 1. The topological polar surface area (TPSA) is 46.1 Å². The van der Waals surface area contributed by atoms with E-state index in [0.717, 1.165) is 31.7 Å². The van der Waals surface area contributed by atoms with Crippen LogP contribution in [0.3, 0.4) is 0 Å². The Balaban J connectivity index is 2.29. The van der Waals surface area contributed by atoms with E-state index < -0.39 is 10.8 Å². The second kappa shape index (κ2) is 5.75. The Morgan fingerprint density at radius 3 is 2.68 bits per heavy atom. The van der Waals surface area contributed by atoms with Gasteiger partial charge in [-0.05, 0) is 19.8 Å². The van der Waals surface area contributed by atoms with E-state index in [9.17, 15) is 4.21 Å². The summed E-state index contributed by atoms with van der Waals surface area (Å²) in [6, 6.07) is 1.79. The Morgan fingerprint density at radius 2 is 2.11 bits per heavy atom. The van der Waals surface area contributed by atoms with Gasteiger partial charge in [0, 0.05) is 35.7 Å². The summed E-state index contributed by atoms with van der Waals surface area (Å²) in [5, 5.41) is 0.466. The van der Waals surface area contributed by atoms with Gasteiger partial charge < -0.3 is 4.90 Å². The van der Waals surface area contributed by atoms with Gasteiger partial charge in [-0.25, -0.2) is 9.97 Å². The molecule has 1 aromatic rings. The van der Waals surface area contributed by atoms with Crippen molar-refractivity contribution >= 4 is 28.2 Å². The van der Waals surface area contributed by atoms with Crippen molar-refractivity contribution in [3.05, 3.63) is 17.0 Å². The lowest BCUT2D eigenvalue weighted by molar-refractivity contribution is 0.494. The molecule has 0 bridgehead atoms. The van der Waals surface area contributed by atoms with Crippen LogP contribution in [0, 0.1) is 6.92 Å². The number of anilines is 1. The van der Waals surface area contributed by atoms with Gasteiger partial charge in [0.15, 0.2) is 0 Å². The monoisotopic (exact) mass is 301 g/mol. The van der Waals surface area contributed by atoms with Gasteiger partial charge in [-0.2, -0.15) is 0 Å². The molecule has 0 saturated carbocycles. The third-order valence-electron chi connectivity index (χ3n) is 3.91. The van der Waals surface area contributed by atoms with Crippen LogP contribution in [0.4, 0.5) is 5.82 Å². The maximum atomic E-state index is 12.3. The van der Waals surface area contributed by atoms with E-state index in [1.54, 1.807) is 6.07 Å². The van der Waals surface area contributed by atoms with Crippen LogP contribution < -0.4 is 4.90 Å². The molecule has 0 amide bonds. The fourth-order valence-corrected chi connectivity index (χ4v) is 4.56. The first-order valence-corrected chi connectivity index (χ1v) is 8.35. The Kier molecular flexibility index (Phi) is 4.46. The molecule has 4 nitrogen and oxygen atoms in total. The van der Waals surface area contributed by atoms with Crippen LogP contribution in [-0.4, -0.2) is 37.8 Å². The summed E-state index contributed by atoms with van der Waals surface area (Å²) in [5.41, 5.74) is 0. The van der Waals surface area contributed by atoms with Crippen molar-refractivity contribution in [2.45, 2.75) is 38.4 Å². The van der Waals surface area contributed by atoms with E-state index in [4.69, 9.17) is 11.6 Å². The van der Waals surface area contributed by atoms with Crippen LogP contribution in [0.5, 0.6) is 0 Å². The summed E-state index contributed by atoms with van der Waals surface area (Å²) in [6.07, 6.45) is 1.84. The Bertz CT molecular complexity index is 471. The smallest absolute Gasteiger partial charge is 0.134 e. The molecule has 1 aromatic heterocycles. The van der Waals surface area contributed by atoms with Gasteiger partial charge in [0.05, 0.1) is 4.75 Å². The minimum Gasteiger partial charge on any atom is -0.354 e. The lowest BCUT2D eigenvalue weighted by atomic mass is 10.0. The average Bonchev–Trinajstić information content (AvgIpc) is 2.38. The molecule has 1 saturated heterocycles. The highest BCUT2D eigenvalue weighted by Crippen LogP contribution is 2.31. The Morgan fingerprint density at radius 1 is 1.42 bits per heavy atom. The van der Waals surface area contributed by atoms with Crippen molar-refractivity contribution in [1.29, 1.82) is 0 Å². The molecule has 0 spiro atoms. The quantitative estimate of drug-likeness (QED) is 0.805. The summed E-state index contributed by atoms with van der Waals surface area (Å²) >= 11 is 6.00. The molecule has 19 heavy (non-hydrogen) atoms. The van der Waals surface area contributed by atoms with Crippen molar-refractivity contribution in [2.75, 3.05) is 23.7 Å². The Hall–Kier alpha value is -0.680. The van der Waals surface area contributed by atoms with Gasteiger partial charge in [-0.1, -0.05) is 25.4 Å². The highest BCUT2D eigenvalue weighted by Gasteiger charge is 2.39. The van der Waals surface area contributed by atoms with E-state index in [1.165, 1.54) is 0 Å². The van der Waals surface area contributed by atoms with Gasteiger partial charge in [0.2, 0.25) is 0 Å². The van der Waals surface area contributed by atoms with Gasteiger partial charge in [0.1, 0.15) is 16.8 Å². The van der Waals surface area contributed by atoms with Gasteiger partial charge in [-0.3, -0.25) is 4.21 Å². The fraction of sp³-hybridized carbons (Fsp3) is 0.692. The van der Waals surface area contributed by atoms with Crippen LogP contribution in [0.15, 0.2) is 6.07 Å². The first kappa shape index (κ1) is 14.7. The van der Waals surface area contributed by atoms with Crippen LogP contribution in [0.2, 0.25) is 5.15 Å². The van der Waals surface area contributed by atoms with Crippen molar-refractivity contribution in [2.24, 2.45) is 0 Å². The third kappa shape index (κ3) is 2.92. The molecule has 0 aromatic carbocycles. The largest absolute Gasteiger partial charge is 0.354 e. The zero-order valence-electron chi connectivity index (χ0n) is 11.6. The molecule has 1 unspecified atom stereocenters.